The molecule has 1 rings (SSSR count). The lowest BCUT2D eigenvalue weighted by Gasteiger charge is -2.17. The van der Waals surface area contributed by atoms with Gasteiger partial charge >= 0.3 is 0 Å². The lowest BCUT2D eigenvalue weighted by Crippen LogP contribution is -2.32. The molecule has 0 aliphatic rings. The topological polar surface area (TPSA) is 64.8 Å². The van der Waals surface area contributed by atoms with Crippen LogP contribution in [0, 0.1) is 0 Å². The molecule has 0 heterocycles. The van der Waals surface area contributed by atoms with Gasteiger partial charge in [0.15, 0.2) is 0 Å². The molecule has 0 aromatic heterocycles. The predicted octanol–water partition coefficient (Wildman–Crippen LogP) is 0.889. The van der Waals surface area contributed by atoms with E-state index in [0.29, 0.717) is 26.3 Å². The van der Waals surface area contributed by atoms with E-state index in [-0.39, 0.29) is 12.5 Å². The number of nitrogens with two attached hydrogens (primary N) is 1. The summed E-state index contributed by atoms with van der Waals surface area (Å²) in [4.78, 5) is 13.2. The second-order valence-electron chi connectivity index (χ2n) is 4.17. The van der Waals surface area contributed by atoms with Crippen LogP contribution < -0.4 is 10.5 Å². The zero-order valence-corrected chi connectivity index (χ0v) is 11.4. The van der Waals surface area contributed by atoms with Crippen molar-refractivity contribution < 1.29 is 14.3 Å². The molecule has 0 fully saturated rings. The molecule has 0 aliphatic heterocycles. The molecule has 106 valence electrons. The molecule has 0 spiro atoms. The Bertz CT molecular complexity index is 357. The number of hydrogen-bond acceptors (Lipinski definition) is 4. The molecular formula is C14H22N2O3. The van der Waals surface area contributed by atoms with E-state index in [0.717, 1.165) is 12.2 Å². The number of ether oxygens (including phenoxy) is 2. The fourth-order valence-electron chi connectivity index (χ4n) is 1.49. The van der Waals surface area contributed by atoms with Gasteiger partial charge in [-0.05, 0) is 18.6 Å². The van der Waals surface area contributed by atoms with E-state index in [9.17, 15) is 4.79 Å². The van der Waals surface area contributed by atoms with Crippen LogP contribution in [-0.2, 0) is 9.53 Å². The first-order chi connectivity index (χ1) is 9.24. The first-order valence-electron chi connectivity index (χ1n) is 6.43. The third kappa shape index (κ3) is 6.79. The Labute approximate surface area is 114 Å². The van der Waals surface area contributed by atoms with Crippen LogP contribution in [0.15, 0.2) is 30.3 Å². The smallest absolute Gasteiger partial charge is 0.248 e. The molecule has 0 unspecified atom stereocenters. The van der Waals surface area contributed by atoms with Gasteiger partial charge in [-0.1, -0.05) is 18.2 Å². The third-order valence-electron chi connectivity index (χ3n) is 2.56. The number of carbonyl (C=O) groups excluding carboxylic acids is 1. The summed E-state index contributed by atoms with van der Waals surface area (Å²) in [6.07, 6.45) is 0.786. The Balaban J connectivity index is 2.09. The maximum absolute atomic E-state index is 11.6. The van der Waals surface area contributed by atoms with Gasteiger partial charge in [-0.25, -0.2) is 0 Å². The molecule has 0 bridgehead atoms. The molecule has 1 aromatic rings. The van der Waals surface area contributed by atoms with Gasteiger partial charge in [0.2, 0.25) is 5.91 Å². The number of likely N-dealkylation sites (N-methyl/N-ethyl adjacent to an activating group) is 1. The molecule has 0 saturated heterocycles. The van der Waals surface area contributed by atoms with Crippen molar-refractivity contribution in [3.05, 3.63) is 30.3 Å². The Morgan fingerprint density at radius 1 is 1.26 bits per heavy atom. The van der Waals surface area contributed by atoms with Gasteiger partial charge in [0.1, 0.15) is 12.4 Å². The van der Waals surface area contributed by atoms with E-state index in [1.54, 1.807) is 11.9 Å². The molecule has 1 amide bonds. The van der Waals surface area contributed by atoms with Gasteiger partial charge in [0, 0.05) is 20.1 Å². The summed E-state index contributed by atoms with van der Waals surface area (Å²) in [6.45, 7) is 2.18. The minimum atomic E-state index is -0.0341. The maximum Gasteiger partial charge on any atom is 0.248 e. The lowest BCUT2D eigenvalue weighted by atomic mass is 10.3. The van der Waals surface area contributed by atoms with Gasteiger partial charge in [0.25, 0.3) is 0 Å². The molecule has 19 heavy (non-hydrogen) atoms. The second-order valence-corrected chi connectivity index (χ2v) is 4.17. The van der Waals surface area contributed by atoms with Crippen LogP contribution in [-0.4, -0.2) is 50.8 Å². The van der Waals surface area contributed by atoms with E-state index in [4.69, 9.17) is 15.2 Å². The number of amides is 1. The molecule has 2 N–H and O–H groups in total. The van der Waals surface area contributed by atoms with Gasteiger partial charge in [-0.2, -0.15) is 0 Å². The molecule has 1 aromatic carbocycles. The van der Waals surface area contributed by atoms with Crippen molar-refractivity contribution in [3.8, 4) is 5.75 Å². The van der Waals surface area contributed by atoms with Crippen LogP contribution in [0.3, 0.4) is 0 Å². The Morgan fingerprint density at radius 3 is 2.68 bits per heavy atom. The van der Waals surface area contributed by atoms with Crippen molar-refractivity contribution in [3.63, 3.8) is 0 Å². The quantitative estimate of drug-likeness (QED) is 0.674. The van der Waals surface area contributed by atoms with Crippen molar-refractivity contribution in [2.75, 3.05) is 40.0 Å². The Hall–Kier alpha value is -1.59. The van der Waals surface area contributed by atoms with Gasteiger partial charge in [0.05, 0.1) is 13.2 Å². The maximum atomic E-state index is 11.6. The van der Waals surface area contributed by atoms with Crippen molar-refractivity contribution >= 4 is 5.91 Å². The summed E-state index contributed by atoms with van der Waals surface area (Å²) < 4.78 is 10.6. The highest BCUT2D eigenvalue weighted by molar-refractivity contribution is 5.77. The minimum Gasteiger partial charge on any atom is -0.494 e. The largest absolute Gasteiger partial charge is 0.494 e. The number of nitrogens with zero attached hydrogens (tertiary/aromatic N) is 1. The number of benzene rings is 1. The monoisotopic (exact) mass is 266 g/mol. The summed E-state index contributed by atoms with van der Waals surface area (Å²) in [6, 6.07) is 9.63. The average Bonchev–Trinajstić information content (AvgIpc) is 2.44. The minimum absolute atomic E-state index is 0.0341. The summed E-state index contributed by atoms with van der Waals surface area (Å²) in [5, 5.41) is 0. The van der Waals surface area contributed by atoms with Crippen molar-refractivity contribution in [1.82, 2.24) is 4.90 Å². The van der Waals surface area contributed by atoms with Crippen LogP contribution in [0.5, 0.6) is 5.75 Å². The summed E-state index contributed by atoms with van der Waals surface area (Å²) >= 11 is 0. The number of hydrogen-bond donors (Lipinski definition) is 1. The average molecular weight is 266 g/mol. The zero-order chi connectivity index (χ0) is 13.9. The number of rotatable bonds is 9. The van der Waals surface area contributed by atoms with Gasteiger partial charge in [-0.3, -0.25) is 4.79 Å². The summed E-state index contributed by atoms with van der Waals surface area (Å²) in [5.74, 6) is 0.816. The molecule has 0 aliphatic carbocycles. The predicted molar refractivity (Wildman–Crippen MR) is 74.1 cm³/mol. The lowest BCUT2D eigenvalue weighted by molar-refractivity contribution is -0.134. The summed E-state index contributed by atoms with van der Waals surface area (Å²) in [7, 11) is 1.76. The zero-order valence-electron chi connectivity index (χ0n) is 11.4. The van der Waals surface area contributed by atoms with Crippen LogP contribution in [0.4, 0.5) is 0 Å². The van der Waals surface area contributed by atoms with Crippen molar-refractivity contribution in [2.24, 2.45) is 5.73 Å². The van der Waals surface area contributed by atoms with E-state index < -0.39 is 0 Å². The molecular weight excluding hydrogens is 244 g/mol. The highest BCUT2D eigenvalue weighted by Gasteiger charge is 2.07. The number of carbonyl (C=O) groups is 1. The van der Waals surface area contributed by atoms with E-state index in [1.807, 2.05) is 30.3 Å². The second kappa shape index (κ2) is 9.35. The summed E-state index contributed by atoms with van der Waals surface area (Å²) in [5.41, 5.74) is 5.28. The first-order valence-corrected chi connectivity index (χ1v) is 6.43. The Morgan fingerprint density at radius 2 is 2.00 bits per heavy atom. The first kappa shape index (κ1) is 15.5. The number of para-hydroxylation sites is 1. The van der Waals surface area contributed by atoms with Crippen molar-refractivity contribution in [1.29, 1.82) is 0 Å². The fraction of sp³-hybridized carbons (Fsp3) is 0.500. The van der Waals surface area contributed by atoms with E-state index in [2.05, 4.69) is 0 Å². The van der Waals surface area contributed by atoms with Crippen LogP contribution >= 0.6 is 0 Å². The molecule has 0 saturated carbocycles. The van der Waals surface area contributed by atoms with Crippen LogP contribution in [0.1, 0.15) is 6.42 Å². The van der Waals surface area contributed by atoms with E-state index in [1.165, 1.54) is 0 Å². The van der Waals surface area contributed by atoms with Crippen LogP contribution in [0.2, 0.25) is 0 Å². The molecule has 0 atom stereocenters. The van der Waals surface area contributed by atoms with Gasteiger partial charge in [-0.15, -0.1) is 0 Å². The third-order valence-corrected chi connectivity index (χ3v) is 2.56. The SMILES string of the molecule is CN(CCCOc1ccccc1)C(=O)COCCN. The fourth-order valence-corrected chi connectivity index (χ4v) is 1.49. The molecule has 5 heteroatoms. The molecule has 5 nitrogen and oxygen atoms in total. The van der Waals surface area contributed by atoms with Crippen molar-refractivity contribution in [2.45, 2.75) is 6.42 Å². The molecule has 0 radical (unpaired) electrons. The normalized spacial score (nSPS) is 10.2. The van der Waals surface area contributed by atoms with E-state index >= 15 is 0 Å². The van der Waals surface area contributed by atoms with Gasteiger partial charge < -0.3 is 20.1 Å². The van der Waals surface area contributed by atoms with Crippen LogP contribution in [0.25, 0.3) is 0 Å². The highest BCUT2D eigenvalue weighted by atomic mass is 16.5. The highest BCUT2D eigenvalue weighted by Crippen LogP contribution is 2.08. The Kier molecular flexibility index (Phi) is 7.62. The standard InChI is InChI=1S/C14H22N2O3/c1-16(14(17)12-18-11-8-15)9-5-10-19-13-6-3-2-4-7-13/h2-4,6-7H,5,8-12,15H2,1H3.